The van der Waals surface area contributed by atoms with E-state index in [1.807, 2.05) is 34.0 Å². The number of fused-ring (bicyclic) bond motifs is 13. The Balaban J connectivity index is 0.956. The van der Waals surface area contributed by atoms with Crippen LogP contribution in [0.5, 0.6) is 0 Å². The molecule has 0 bridgehead atoms. The van der Waals surface area contributed by atoms with Crippen LogP contribution in [0, 0.1) is 5.92 Å². The number of rotatable bonds is 6. The molecule has 13 aromatic rings. The molecule has 4 heterocycles. The van der Waals surface area contributed by atoms with Crippen LogP contribution in [-0.2, 0) is 0 Å². The summed E-state index contributed by atoms with van der Waals surface area (Å²) >= 11 is 5.71. The predicted molar refractivity (Wildman–Crippen MR) is 291 cm³/mol. The van der Waals surface area contributed by atoms with Crippen molar-refractivity contribution in [2.24, 2.45) is 5.92 Å². The van der Waals surface area contributed by atoms with Gasteiger partial charge < -0.3 is 9.47 Å². The second kappa shape index (κ2) is 14.9. The van der Waals surface area contributed by atoms with Gasteiger partial charge in [-0.3, -0.25) is 0 Å². The molecule has 1 atom stereocenters. The Morgan fingerprint density at radius 1 is 0.439 bits per heavy atom. The van der Waals surface area contributed by atoms with Crippen LogP contribution < -0.4 is 4.90 Å². The minimum Gasteiger partial charge on any atom is -0.313 e. The van der Waals surface area contributed by atoms with E-state index in [0.717, 1.165) is 17.8 Å². The Labute approximate surface area is 393 Å². The van der Waals surface area contributed by atoms with Crippen molar-refractivity contribution in [3.63, 3.8) is 0 Å². The first-order chi connectivity index (χ1) is 32.6. The van der Waals surface area contributed by atoms with Crippen LogP contribution >= 0.6 is 34.0 Å². The van der Waals surface area contributed by atoms with Gasteiger partial charge in [0.15, 0.2) is 0 Å². The van der Waals surface area contributed by atoms with Gasteiger partial charge in [0.2, 0.25) is 0 Å². The molecule has 14 rings (SSSR count). The van der Waals surface area contributed by atoms with E-state index in [1.54, 1.807) is 0 Å². The van der Waals surface area contributed by atoms with Crippen molar-refractivity contribution < 1.29 is 0 Å². The highest BCUT2D eigenvalue weighted by molar-refractivity contribution is 7.27. The molecule has 1 aliphatic rings. The fourth-order valence-electron chi connectivity index (χ4n) is 10.7. The molecular weight excluding hydrogens is 857 g/mol. The molecule has 2 nitrogen and oxygen atoms in total. The van der Waals surface area contributed by atoms with E-state index < -0.39 is 0 Å². The molecule has 5 heteroatoms. The van der Waals surface area contributed by atoms with Crippen LogP contribution in [0.15, 0.2) is 206 Å². The molecule has 0 fully saturated rings. The summed E-state index contributed by atoms with van der Waals surface area (Å²) in [6, 6.07) is 70.2. The number of nitrogens with zero attached hydrogens (tertiary/aromatic N) is 2. The van der Waals surface area contributed by atoms with Gasteiger partial charge in [-0.25, -0.2) is 0 Å². The van der Waals surface area contributed by atoms with Gasteiger partial charge in [-0.1, -0.05) is 153 Å². The second-order valence-corrected chi connectivity index (χ2v) is 20.8. The van der Waals surface area contributed by atoms with E-state index in [4.69, 9.17) is 0 Å². The minimum absolute atomic E-state index is 0.500. The third kappa shape index (κ3) is 5.77. The van der Waals surface area contributed by atoms with Crippen LogP contribution in [0.25, 0.3) is 110 Å². The van der Waals surface area contributed by atoms with Crippen molar-refractivity contribution in [1.29, 1.82) is 0 Å². The Hall–Kier alpha value is -7.28. The molecule has 312 valence electrons. The molecular formula is C61H40N2S3. The van der Waals surface area contributed by atoms with Crippen molar-refractivity contribution in [2.45, 2.75) is 13.3 Å². The zero-order chi connectivity index (χ0) is 43.5. The molecule has 1 aliphatic carbocycles. The molecule has 1 unspecified atom stereocenters. The monoisotopic (exact) mass is 896 g/mol. The largest absolute Gasteiger partial charge is 0.313 e. The van der Waals surface area contributed by atoms with Gasteiger partial charge in [0.1, 0.15) is 0 Å². The third-order valence-corrected chi connectivity index (χ3v) is 17.4. The highest BCUT2D eigenvalue weighted by Crippen LogP contribution is 2.50. The molecule has 4 aromatic heterocycles. The lowest BCUT2D eigenvalue weighted by molar-refractivity contribution is 0.730. The molecule has 0 N–H and O–H groups in total. The molecule has 0 radical (unpaired) electrons. The van der Waals surface area contributed by atoms with Crippen LogP contribution in [-0.4, -0.2) is 4.57 Å². The molecule has 66 heavy (non-hydrogen) atoms. The van der Waals surface area contributed by atoms with Crippen molar-refractivity contribution >= 4 is 139 Å². The number of hydrogen-bond donors (Lipinski definition) is 0. The summed E-state index contributed by atoms with van der Waals surface area (Å²) in [4.78, 5) is 2.48. The molecule has 0 spiro atoms. The SMILES string of the molecule is CC1C=CC=C(n2c3ccccc3c3c4sc5c(N(c6ccc(-c7cccc8c7sc7ccccc78)cc6)c6ccc(-c7cccc8c7sc7ccccc78)cc6)cccc5c4ccc32)C1. The van der Waals surface area contributed by atoms with Gasteiger partial charge >= 0.3 is 0 Å². The molecule has 0 amide bonds. The first kappa shape index (κ1) is 38.0. The Bertz CT molecular complexity index is 4000. The molecule has 9 aromatic carbocycles. The normalized spacial score (nSPS) is 14.3. The summed E-state index contributed by atoms with van der Waals surface area (Å²) < 4.78 is 10.5. The molecule has 0 saturated carbocycles. The maximum absolute atomic E-state index is 2.52. The smallest absolute Gasteiger partial charge is 0.0640 e. The maximum atomic E-state index is 2.52. The number of anilines is 3. The third-order valence-electron chi connectivity index (χ3n) is 13.7. The van der Waals surface area contributed by atoms with Crippen molar-refractivity contribution in [3.05, 3.63) is 206 Å². The van der Waals surface area contributed by atoms with Gasteiger partial charge in [-0.15, -0.1) is 34.0 Å². The van der Waals surface area contributed by atoms with Crippen LogP contribution in [0.1, 0.15) is 13.3 Å². The number of thiophene rings is 3. The Morgan fingerprint density at radius 2 is 0.970 bits per heavy atom. The lowest BCUT2D eigenvalue weighted by Gasteiger charge is -2.26. The highest BCUT2D eigenvalue weighted by Gasteiger charge is 2.23. The minimum atomic E-state index is 0.500. The molecule has 0 aliphatic heterocycles. The summed E-state index contributed by atoms with van der Waals surface area (Å²) in [5, 5.41) is 10.5. The summed E-state index contributed by atoms with van der Waals surface area (Å²) in [5.74, 6) is 0.500. The van der Waals surface area contributed by atoms with Crippen LogP contribution in [0.2, 0.25) is 0 Å². The highest BCUT2D eigenvalue weighted by atomic mass is 32.1. The van der Waals surface area contributed by atoms with E-state index in [1.165, 1.54) is 116 Å². The standard InChI is InChI=1S/C61H40N2S3/c1-37-12-8-13-42(36-37)63-52-22-5-2-16-51(52)57-53(63)35-34-50-49-21-11-23-54(60(49)66-61(50)57)62(40-30-26-38(27-31-40)43-17-9-19-47-45-14-3-6-24-55(45)64-58(43)47)41-32-28-39(29-33-41)44-18-10-20-48-46-15-4-7-25-56(46)65-59(44)48/h2-35,37H,36H2,1H3. The number of hydrogen-bond acceptors (Lipinski definition) is 4. The lowest BCUT2D eigenvalue weighted by atomic mass is 10.00. The first-order valence-electron chi connectivity index (χ1n) is 22.7. The number of allylic oxidation sites excluding steroid dienone is 4. The van der Waals surface area contributed by atoms with E-state index >= 15 is 0 Å². The number of para-hydroxylation sites is 1. The fraction of sp³-hybridized carbons (Fsp3) is 0.0492. The van der Waals surface area contributed by atoms with Gasteiger partial charge in [-0.05, 0) is 95.3 Å². The second-order valence-electron chi connectivity index (χ2n) is 17.7. The topological polar surface area (TPSA) is 8.17 Å². The summed E-state index contributed by atoms with van der Waals surface area (Å²) in [5.41, 5.74) is 12.3. The summed E-state index contributed by atoms with van der Waals surface area (Å²) in [6.45, 7) is 2.31. The summed E-state index contributed by atoms with van der Waals surface area (Å²) in [7, 11) is 0. The number of benzene rings is 9. The van der Waals surface area contributed by atoms with E-state index in [2.05, 4.69) is 223 Å². The van der Waals surface area contributed by atoms with Gasteiger partial charge in [-0.2, -0.15) is 0 Å². The lowest BCUT2D eigenvalue weighted by Crippen LogP contribution is -2.10. The van der Waals surface area contributed by atoms with E-state index in [9.17, 15) is 0 Å². The molecule has 0 saturated heterocycles. The first-order valence-corrected chi connectivity index (χ1v) is 25.2. The average molecular weight is 897 g/mol. The number of aromatic nitrogens is 1. The van der Waals surface area contributed by atoms with E-state index in [-0.39, 0.29) is 0 Å². The van der Waals surface area contributed by atoms with Crippen molar-refractivity contribution in [3.8, 4) is 22.3 Å². The van der Waals surface area contributed by atoms with Crippen LogP contribution in [0.3, 0.4) is 0 Å². The Morgan fingerprint density at radius 3 is 1.59 bits per heavy atom. The van der Waals surface area contributed by atoms with Gasteiger partial charge in [0, 0.05) is 83.7 Å². The van der Waals surface area contributed by atoms with Crippen molar-refractivity contribution in [2.75, 3.05) is 4.90 Å². The van der Waals surface area contributed by atoms with Gasteiger partial charge in [0.25, 0.3) is 0 Å². The van der Waals surface area contributed by atoms with Gasteiger partial charge in [0.05, 0.1) is 21.4 Å². The van der Waals surface area contributed by atoms with Crippen LogP contribution in [0.4, 0.5) is 17.1 Å². The quantitative estimate of drug-likeness (QED) is 0.161. The zero-order valence-electron chi connectivity index (χ0n) is 36.0. The Kier molecular flexibility index (Phi) is 8.57. The van der Waals surface area contributed by atoms with E-state index in [0.29, 0.717) is 5.92 Å². The predicted octanol–water partition coefficient (Wildman–Crippen LogP) is 19.1. The summed E-state index contributed by atoms with van der Waals surface area (Å²) in [6.07, 6.45) is 7.87. The average Bonchev–Trinajstić information content (AvgIpc) is 4.14. The zero-order valence-corrected chi connectivity index (χ0v) is 38.5. The fourth-order valence-corrected chi connectivity index (χ4v) is 14.6. The maximum Gasteiger partial charge on any atom is 0.0640 e. The van der Waals surface area contributed by atoms with Crippen molar-refractivity contribution in [1.82, 2.24) is 4.57 Å².